The van der Waals surface area contributed by atoms with Crippen molar-refractivity contribution in [2.45, 2.75) is 11.3 Å². The molecule has 1 aromatic rings. The van der Waals surface area contributed by atoms with Crippen molar-refractivity contribution >= 4 is 9.84 Å². The van der Waals surface area contributed by atoms with Gasteiger partial charge in [0.2, 0.25) is 0 Å². The first kappa shape index (κ1) is 13.0. The van der Waals surface area contributed by atoms with Gasteiger partial charge in [0.15, 0.2) is 21.5 Å². The van der Waals surface area contributed by atoms with Crippen molar-refractivity contribution in [3.63, 3.8) is 0 Å². The molecule has 0 heterocycles. The molecular weight excluding hydrogens is 240 g/mol. The van der Waals surface area contributed by atoms with Gasteiger partial charge < -0.3 is 4.84 Å². The van der Waals surface area contributed by atoms with Crippen LogP contribution in [-0.4, -0.2) is 21.3 Å². The van der Waals surface area contributed by atoms with E-state index in [1.807, 2.05) is 0 Å². The first-order valence-electron chi connectivity index (χ1n) is 4.36. The van der Waals surface area contributed by atoms with Crippen LogP contribution in [0.1, 0.15) is 5.56 Å². The maximum absolute atomic E-state index is 13.4. The van der Waals surface area contributed by atoms with Gasteiger partial charge in [0, 0.05) is 12.7 Å². The van der Waals surface area contributed by atoms with Crippen LogP contribution in [0.2, 0.25) is 0 Å². The third-order valence-corrected chi connectivity index (χ3v) is 3.13. The van der Waals surface area contributed by atoms with Crippen LogP contribution in [0.4, 0.5) is 8.78 Å². The molecule has 0 fully saturated rings. The van der Waals surface area contributed by atoms with Crippen molar-refractivity contribution in [1.82, 2.24) is 0 Å². The zero-order chi connectivity index (χ0) is 12.3. The minimum absolute atomic E-state index is 0.0224. The molecule has 90 valence electrons. The summed E-state index contributed by atoms with van der Waals surface area (Å²) in [5.41, 5.74) is 0.0235. The number of hydrogen-bond donors (Lipinski definition) is 1. The quantitative estimate of drug-likeness (QED) is 0.804. The molecule has 0 unspecified atom stereocenters. The van der Waals surface area contributed by atoms with Crippen LogP contribution in [-0.2, 0) is 21.1 Å². The molecule has 0 bridgehead atoms. The van der Waals surface area contributed by atoms with Gasteiger partial charge in [-0.1, -0.05) is 6.07 Å². The maximum Gasteiger partial charge on any atom is 0.178 e. The Morgan fingerprint density at radius 1 is 1.31 bits per heavy atom. The fourth-order valence-corrected chi connectivity index (χ4v) is 1.95. The third-order valence-electron chi connectivity index (χ3n) is 2.02. The molecule has 0 aliphatic heterocycles. The Hall–Kier alpha value is -1.05. The molecule has 0 saturated carbocycles. The SMILES string of the molecule is CS(=O)(=O)c1ccc(CCON)c(F)c1F. The number of nitrogens with two attached hydrogens (primary N) is 1. The Morgan fingerprint density at radius 3 is 2.44 bits per heavy atom. The summed E-state index contributed by atoms with van der Waals surface area (Å²) >= 11 is 0. The molecule has 0 aromatic heterocycles. The lowest BCUT2D eigenvalue weighted by Gasteiger charge is -2.06. The van der Waals surface area contributed by atoms with Gasteiger partial charge in [-0.25, -0.2) is 23.1 Å². The average Bonchev–Trinajstić information content (AvgIpc) is 2.18. The van der Waals surface area contributed by atoms with Crippen molar-refractivity contribution in [2.75, 3.05) is 12.9 Å². The molecule has 16 heavy (non-hydrogen) atoms. The van der Waals surface area contributed by atoms with Crippen LogP contribution in [0.5, 0.6) is 0 Å². The van der Waals surface area contributed by atoms with Crippen molar-refractivity contribution in [2.24, 2.45) is 5.90 Å². The molecule has 7 heteroatoms. The Bertz CT molecular complexity index is 488. The molecule has 0 spiro atoms. The molecule has 0 aliphatic carbocycles. The summed E-state index contributed by atoms with van der Waals surface area (Å²) in [6.45, 7) is 0.0224. The van der Waals surface area contributed by atoms with Crippen LogP contribution >= 0.6 is 0 Å². The van der Waals surface area contributed by atoms with Gasteiger partial charge in [0.05, 0.1) is 6.61 Å². The van der Waals surface area contributed by atoms with E-state index in [4.69, 9.17) is 5.90 Å². The van der Waals surface area contributed by atoms with Gasteiger partial charge in [-0.15, -0.1) is 0 Å². The molecule has 1 rings (SSSR count). The highest BCUT2D eigenvalue weighted by atomic mass is 32.2. The molecule has 0 aliphatic rings. The Balaban J connectivity index is 3.19. The fourth-order valence-electron chi connectivity index (χ4n) is 1.22. The lowest BCUT2D eigenvalue weighted by atomic mass is 10.1. The zero-order valence-electron chi connectivity index (χ0n) is 8.54. The van der Waals surface area contributed by atoms with Crippen molar-refractivity contribution in [3.05, 3.63) is 29.3 Å². The molecule has 0 saturated heterocycles. The predicted octanol–water partition coefficient (Wildman–Crippen LogP) is 0.801. The van der Waals surface area contributed by atoms with E-state index < -0.39 is 26.4 Å². The van der Waals surface area contributed by atoms with E-state index in [2.05, 4.69) is 4.84 Å². The standard InChI is InChI=1S/C9H11F2NO3S/c1-16(13,14)7-3-2-6(4-5-15-12)8(10)9(7)11/h2-3H,4-5,12H2,1H3. The summed E-state index contributed by atoms with van der Waals surface area (Å²) in [6.07, 6.45) is 0.886. The van der Waals surface area contributed by atoms with Crippen molar-refractivity contribution in [3.8, 4) is 0 Å². The van der Waals surface area contributed by atoms with Crippen molar-refractivity contribution < 1.29 is 22.0 Å². The van der Waals surface area contributed by atoms with E-state index in [-0.39, 0.29) is 18.6 Å². The lowest BCUT2D eigenvalue weighted by molar-refractivity contribution is 0.140. The summed E-state index contributed by atoms with van der Waals surface area (Å²) < 4.78 is 48.9. The molecule has 0 radical (unpaired) electrons. The highest BCUT2D eigenvalue weighted by Crippen LogP contribution is 2.20. The molecule has 4 nitrogen and oxygen atoms in total. The highest BCUT2D eigenvalue weighted by Gasteiger charge is 2.19. The summed E-state index contributed by atoms with van der Waals surface area (Å²) in [7, 11) is -3.76. The topological polar surface area (TPSA) is 69.4 Å². The molecule has 0 atom stereocenters. The van der Waals surface area contributed by atoms with Crippen LogP contribution in [0.15, 0.2) is 17.0 Å². The van der Waals surface area contributed by atoms with Crippen LogP contribution in [0.3, 0.4) is 0 Å². The lowest BCUT2D eigenvalue weighted by Crippen LogP contribution is -2.08. The van der Waals surface area contributed by atoms with E-state index in [0.717, 1.165) is 12.3 Å². The minimum Gasteiger partial charge on any atom is -0.304 e. The molecular formula is C9H11F2NO3S. The zero-order valence-corrected chi connectivity index (χ0v) is 9.35. The van der Waals surface area contributed by atoms with Crippen LogP contribution < -0.4 is 5.90 Å². The Kier molecular flexibility index (Phi) is 3.95. The number of sulfone groups is 1. The van der Waals surface area contributed by atoms with Gasteiger partial charge in [0.25, 0.3) is 0 Å². The van der Waals surface area contributed by atoms with E-state index in [1.165, 1.54) is 6.07 Å². The smallest absolute Gasteiger partial charge is 0.178 e. The molecule has 0 amide bonds. The van der Waals surface area contributed by atoms with Gasteiger partial charge in [-0.05, 0) is 11.6 Å². The second kappa shape index (κ2) is 4.86. The van der Waals surface area contributed by atoms with E-state index in [9.17, 15) is 17.2 Å². The highest BCUT2D eigenvalue weighted by molar-refractivity contribution is 7.90. The fraction of sp³-hybridized carbons (Fsp3) is 0.333. The van der Waals surface area contributed by atoms with Gasteiger partial charge in [0.1, 0.15) is 4.90 Å². The average molecular weight is 251 g/mol. The number of hydrogen-bond acceptors (Lipinski definition) is 4. The maximum atomic E-state index is 13.4. The van der Waals surface area contributed by atoms with Crippen molar-refractivity contribution in [1.29, 1.82) is 0 Å². The van der Waals surface area contributed by atoms with E-state index in [0.29, 0.717) is 0 Å². The van der Waals surface area contributed by atoms with Crippen LogP contribution in [0, 0.1) is 11.6 Å². The largest absolute Gasteiger partial charge is 0.304 e. The third kappa shape index (κ3) is 2.75. The van der Waals surface area contributed by atoms with Crippen LogP contribution in [0.25, 0.3) is 0 Å². The summed E-state index contributed by atoms with van der Waals surface area (Å²) in [4.78, 5) is 3.58. The van der Waals surface area contributed by atoms with E-state index in [1.54, 1.807) is 0 Å². The minimum atomic E-state index is -3.76. The molecule has 1 aromatic carbocycles. The summed E-state index contributed by atoms with van der Waals surface area (Å²) in [5.74, 6) is 2.21. The number of rotatable bonds is 4. The summed E-state index contributed by atoms with van der Waals surface area (Å²) in [6, 6.07) is 2.23. The Labute approximate surface area is 91.9 Å². The van der Waals surface area contributed by atoms with Gasteiger partial charge >= 0.3 is 0 Å². The Morgan fingerprint density at radius 2 is 1.94 bits per heavy atom. The molecule has 2 N–H and O–H groups in total. The monoisotopic (exact) mass is 251 g/mol. The van der Waals surface area contributed by atoms with E-state index >= 15 is 0 Å². The second-order valence-corrected chi connectivity index (χ2v) is 5.23. The van der Waals surface area contributed by atoms with Gasteiger partial charge in [-0.2, -0.15) is 0 Å². The predicted molar refractivity (Wildman–Crippen MR) is 53.3 cm³/mol. The first-order chi connectivity index (χ1) is 7.38. The first-order valence-corrected chi connectivity index (χ1v) is 6.25. The van der Waals surface area contributed by atoms with Gasteiger partial charge in [-0.3, -0.25) is 0 Å². The normalized spacial score (nSPS) is 11.8. The summed E-state index contributed by atoms with van der Waals surface area (Å²) in [5, 5.41) is 0. The second-order valence-electron chi connectivity index (χ2n) is 3.24. The number of benzene rings is 1. The number of halogens is 2.